The van der Waals surface area contributed by atoms with Crippen molar-refractivity contribution < 1.29 is 31.9 Å². The van der Waals surface area contributed by atoms with Gasteiger partial charge in [-0.15, -0.1) is 0 Å². The summed E-state index contributed by atoms with van der Waals surface area (Å²) in [5.41, 5.74) is -0.321. The summed E-state index contributed by atoms with van der Waals surface area (Å²) < 4.78 is 51.9. The summed E-state index contributed by atoms with van der Waals surface area (Å²) in [5.74, 6) is -1.39. The second-order valence-electron chi connectivity index (χ2n) is 9.90. The first kappa shape index (κ1) is 28.5. The summed E-state index contributed by atoms with van der Waals surface area (Å²) >= 11 is 0. The highest BCUT2D eigenvalue weighted by molar-refractivity contribution is 7.89. The van der Waals surface area contributed by atoms with Crippen molar-refractivity contribution in [3.05, 3.63) is 47.9 Å². The van der Waals surface area contributed by atoms with Gasteiger partial charge in [0.25, 0.3) is 15.9 Å². The first-order valence-corrected chi connectivity index (χ1v) is 13.4. The summed E-state index contributed by atoms with van der Waals surface area (Å²) in [6, 6.07) is 5.48. The van der Waals surface area contributed by atoms with Crippen molar-refractivity contribution in [2.24, 2.45) is 5.92 Å². The number of amides is 2. The van der Waals surface area contributed by atoms with E-state index in [-0.39, 0.29) is 27.9 Å². The molecular formula is C25H33FN4O6S. The third-order valence-corrected chi connectivity index (χ3v) is 7.34. The highest BCUT2D eigenvalue weighted by atomic mass is 32.2. The third kappa shape index (κ3) is 8.20. The van der Waals surface area contributed by atoms with Gasteiger partial charge in [0.15, 0.2) is 5.75 Å². The number of benzene rings is 1. The molecule has 1 aliphatic heterocycles. The minimum absolute atomic E-state index is 0.0501. The summed E-state index contributed by atoms with van der Waals surface area (Å²) in [6.07, 6.45) is 3.08. The molecule has 0 aliphatic carbocycles. The van der Waals surface area contributed by atoms with Gasteiger partial charge in [0.05, 0.1) is 19.0 Å². The van der Waals surface area contributed by atoms with Gasteiger partial charge in [0, 0.05) is 30.4 Å². The van der Waals surface area contributed by atoms with E-state index in [9.17, 15) is 22.4 Å². The Labute approximate surface area is 216 Å². The van der Waals surface area contributed by atoms with Gasteiger partial charge in [0.1, 0.15) is 11.9 Å². The summed E-state index contributed by atoms with van der Waals surface area (Å²) in [5, 5.41) is 5.12. The van der Waals surface area contributed by atoms with Gasteiger partial charge >= 0.3 is 0 Å². The molecule has 0 radical (unpaired) electrons. The van der Waals surface area contributed by atoms with E-state index < -0.39 is 39.2 Å². The number of ether oxygens (including phenoxy) is 2. The molecule has 1 aromatic carbocycles. The van der Waals surface area contributed by atoms with Gasteiger partial charge in [-0.3, -0.25) is 9.59 Å². The SMILES string of the molecule is COc1cc(NC(=O)[C@H](CC2CCOCC2)NC(=O)c2ccc(F)cc2)cnc1S(=O)(=O)NC(C)(C)C. The van der Waals surface area contributed by atoms with E-state index >= 15 is 0 Å². The molecule has 1 aliphatic rings. The summed E-state index contributed by atoms with van der Waals surface area (Å²) in [4.78, 5) is 30.1. The lowest BCUT2D eigenvalue weighted by molar-refractivity contribution is -0.118. The fraction of sp³-hybridized carbons (Fsp3) is 0.480. The van der Waals surface area contributed by atoms with Crippen molar-refractivity contribution in [1.29, 1.82) is 0 Å². The molecule has 0 unspecified atom stereocenters. The van der Waals surface area contributed by atoms with Crippen LogP contribution in [0, 0.1) is 11.7 Å². The molecule has 37 heavy (non-hydrogen) atoms. The number of anilines is 1. The standard InChI is InChI=1S/C25H33FN4O6S/c1-25(2,3)30-37(33,34)24-21(35-4)14-19(15-27-24)28-23(32)20(13-16-9-11-36-12-10-16)29-22(31)17-5-7-18(26)8-6-17/h5-8,14-16,20,30H,9-13H2,1-4H3,(H,28,32)(H,29,31)/t20-/m0/s1. The molecule has 1 saturated heterocycles. The van der Waals surface area contributed by atoms with Crippen molar-refractivity contribution in [3.63, 3.8) is 0 Å². The highest BCUT2D eigenvalue weighted by Crippen LogP contribution is 2.26. The van der Waals surface area contributed by atoms with Crippen LogP contribution >= 0.6 is 0 Å². The van der Waals surface area contributed by atoms with Gasteiger partial charge in [-0.2, -0.15) is 0 Å². The number of nitrogens with zero attached hydrogens (tertiary/aromatic N) is 1. The second kappa shape index (κ2) is 12.0. The number of hydrogen-bond donors (Lipinski definition) is 3. The Morgan fingerprint density at radius 3 is 2.43 bits per heavy atom. The number of methoxy groups -OCH3 is 1. The van der Waals surface area contributed by atoms with Crippen LogP contribution in [0.2, 0.25) is 0 Å². The van der Waals surface area contributed by atoms with Crippen LogP contribution in [-0.2, 0) is 19.6 Å². The van der Waals surface area contributed by atoms with Crippen LogP contribution in [0.4, 0.5) is 10.1 Å². The van der Waals surface area contributed by atoms with Crippen molar-refractivity contribution >= 4 is 27.5 Å². The Kier molecular flexibility index (Phi) is 9.21. The highest BCUT2D eigenvalue weighted by Gasteiger charge is 2.29. The van der Waals surface area contributed by atoms with Gasteiger partial charge in [-0.1, -0.05) is 0 Å². The smallest absolute Gasteiger partial charge is 0.262 e. The average Bonchev–Trinajstić information content (AvgIpc) is 2.83. The minimum atomic E-state index is -3.99. The Hall–Kier alpha value is -3.09. The number of sulfonamides is 1. The zero-order valence-corrected chi connectivity index (χ0v) is 22.2. The minimum Gasteiger partial charge on any atom is -0.494 e. The van der Waals surface area contributed by atoms with Crippen molar-refractivity contribution in [2.75, 3.05) is 25.6 Å². The monoisotopic (exact) mass is 536 g/mol. The number of hydrogen-bond acceptors (Lipinski definition) is 7. The maximum Gasteiger partial charge on any atom is 0.262 e. The van der Waals surface area contributed by atoms with Gasteiger partial charge < -0.3 is 20.1 Å². The first-order valence-electron chi connectivity index (χ1n) is 11.9. The number of rotatable bonds is 9. The normalized spacial score (nSPS) is 15.6. The molecule has 0 spiro atoms. The molecule has 3 N–H and O–H groups in total. The summed E-state index contributed by atoms with van der Waals surface area (Å²) in [7, 11) is -2.68. The van der Waals surface area contributed by atoms with Crippen molar-refractivity contribution in [2.45, 2.75) is 56.6 Å². The molecule has 10 nitrogen and oxygen atoms in total. The molecular weight excluding hydrogens is 503 g/mol. The molecule has 1 aromatic heterocycles. The van der Waals surface area contributed by atoms with Crippen LogP contribution in [-0.4, -0.2) is 57.1 Å². The van der Waals surface area contributed by atoms with Crippen LogP contribution in [0.15, 0.2) is 41.6 Å². The number of carbonyl (C=O) groups excluding carboxylic acids is 2. The maximum atomic E-state index is 13.3. The van der Waals surface area contributed by atoms with Crippen LogP contribution in [0.3, 0.4) is 0 Å². The van der Waals surface area contributed by atoms with Crippen LogP contribution in [0.5, 0.6) is 5.75 Å². The number of carbonyl (C=O) groups is 2. The zero-order valence-electron chi connectivity index (χ0n) is 21.3. The number of nitrogens with one attached hydrogen (secondary N) is 3. The lowest BCUT2D eigenvalue weighted by Crippen LogP contribution is -2.45. The Balaban J connectivity index is 1.80. The molecule has 12 heteroatoms. The third-order valence-electron chi connectivity index (χ3n) is 5.64. The van der Waals surface area contributed by atoms with Crippen LogP contribution in [0.1, 0.15) is 50.4 Å². The number of pyridine rings is 1. The second-order valence-corrected chi connectivity index (χ2v) is 11.5. The number of aromatic nitrogens is 1. The van der Waals surface area contributed by atoms with E-state index in [1.54, 1.807) is 20.8 Å². The van der Waals surface area contributed by atoms with E-state index in [4.69, 9.17) is 9.47 Å². The Morgan fingerprint density at radius 1 is 1.19 bits per heavy atom. The molecule has 1 atom stereocenters. The van der Waals surface area contributed by atoms with Gasteiger partial charge in [0.2, 0.25) is 10.9 Å². The molecule has 3 rings (SSSR count). The number of halogens is 1. The predicted molar refractivity (Wildman–Crippen MR) is 135 cm³/mol. The molecule has 1 fully saturated rings. The van der Waals surface area contributed by atoms with E-state index in [0.717, 1.165) is 12.8 Å². The zero-order chi connectivity index (χ0) is 27.2. The first-order chi connectivity index (χ1) is 17.4. The van der Waals surface area contributed by atoms with E-state index in [1.165, 1.54) is 43.6 Å². The topological polar surface area (TPSA) is 136 Å². The largest absolute Gasteiger partial charge is 0.494 e. The lowest BCUT2D eigenvalue weighted by Gasteiger charge is -2.27. The van der Waals surface area contributed by atoms with E-state index in [0.29, 0.717) is 19.6 Å². The molecule has 0 bridgehead atoms. The Bertz CT molecular complexity index is 1210. The molecule has 202 valence electrons. The fourth-order valence-electron chi connectivity index (χ4n) is 3.92. The molecule has 2 amide bonds. The lowest BCUT2D eigenvalue weighted by atomic mass is 9.92. The maximum absolute atomic E-state index is 13.3. The van der Waals surface area contributed by atoms with Gasteiger partial charge in [-0.25, -0.2) is 22.5 Å². The molecule has 2 heterocycles. The average molecular weight is 537 g/mol. The predicted octanol–water partition coefficient (Wildman–Crippen LogP) is 2.86. The van der Waals surface area contributed by atoms with E-state index in [1.807, 2.05) is 0 Å². The summed E-state index contributed by atoms with van der Waals surface area (Å²) in [6.45, 7) is 6.24. The van der Waals surface area contributed by atoms with Crippen LogP contribution < -0.4 is 20.1 Å². The van der Waals surface area contributed by atoms with Gasteiger partial charge in [-0.05, 0) is 70.2 Å². The van der Waals surface area contributed by atoms with E-state index in [2.05, 4.69) is 20.3 Å². The van der Waals surface area contributed by atoms with Crippen LogP contribution in [0.25, 0.3) is 0 Å². The quantitative estimate of drug-likeness (QED) is 0.448. The van der Waals surface area contributed by atoms with Crippen molar-refractivity contribution in [1.82, 2.24) is 15.0 Å². The fourth-order valence-corrected chi connectivity index (χ4v) is 5.42. The van der Waals surface area contributed by atoms with Crippen molar-refractivity contribution in [3.8, 4) is 5.75 Å². The Morgan fingerprint density at radius 2 is 1.84 bits per heavy atom. The molecule has 2 aromatic rings. The molecule has 0 saturated carbocycles.